The molecule has 0 radical (unpaired) electrons. The van der Waals surface area contributed by atoms with E-state index in [9.17, 15) is 19.8 Å². The zero-order chi connectivity index (χ0) is 23.3. The monoisotopic (exact) mass is 442 g/mol. The number of cyclic esters (lactones) is 1. The maximum absolute atomic E-state index is 12.7. The molecule has 1 aromatic carbocycles. The van der Waals surface area contributed by atoms with Crippen molar-refractivity contribution in [3.8, 4) is 5.75 Å². The summed E-state index contributed by atoms with van der Waals surface area (Å²) in [4.78, 5) is 25.5. The third-order valence-electron chi connectivity index (χ3n) is 7.45. The van der Waals surface area contributed by atoms with Crippen LogP contribution in [0.4, 0.5) is 0 Å². The molecule has 7 heteroatoms. The van der Waals surface area contributed by atoms with Crippen LogP contribution in [0.3, 0.4) is 0 Å². The van der Waals surface area contributed by atoms with Gasteiger partial charge < -0.3 is 24.4 Å². The van der Waals surface area contributed by atoms with Gasteiger partial charge >= 0.3 is 11.9 Å². The largest absolute Gasteiger partial charge is 0.497 e. The maximum atomic E-state index is 12.7. The van der Waals surface area contributed by atoms with Gasteiger partial charge in [-0.25, -0.2) is 4.79 Å². The van der Waals surface area contributed by atoms with Crippen LogP contribution in [0.2, 0.25) is 0 Å². The molecule has 4 rings (SSSR count). The minimum absolute atomic E-state index is 0.300. The van der Waals surface area contributed by atoms with Gasteiger partial charge in [0.15, 0.2) is 0 Å². The number of methoxy groups -OCH3 is 1. The first-order chi connectivity index (χ1) is 15.1. The topological polar surface area (TPSA) is 102 Å². The molecular weight excluding hydrogens is 412 g/mol. The van der Waals surface area contributed by atoms with Gasteiger partial charge in [-0.3, -0.25) is 4.79 Å². The molecule has 1 saturated carbocycles. The number of ether oxygens (including phenoxy) is 3. The zero-order valence-corrected chi connectivity index (χ0v) is 18.8. The number of aliphatic hydroxyl groups excluding tert-OH is 2. The molecule has 1 aliphatic heterocycles. The lowest BCUT2D eigenvalue weighted by Crippen LogP contribution is -2.61. The van der Waals surface area contributed by atoms with Crippen LogP contribution in [0, 0.1) is 22.7 Å². The Balaban J connectivity index is 1.61. The number of hydrogen-bond acceptors (Lipinski definition) is 7. The molecule has 1 saturated heterocycles. The van der Waals surface area contributed by atoms with E-state index in [0.717, 1.165) is 17.7 Å². The zero-order valence-electron chi connectivity index (χ0n) is 18.8. The highest BCUT2D eigenvalue weighted by Gasteiger charge is 2.66. The van der Waals surface area contributed by atoms with Crippen molar-refractivity contribution in [3.05, 3.63) is 47.6 Å². The highest BCUT2D eigenvalue weighted by Crippen LogP contribution is 2.62. The summed E-state index contributed by atoms with van der Waals surface area (Å²) >= 11 is 0. The van der Waals surface area contributed by atoms with Crippen LogP contribution in [0.25, 0.3) is 6.08 Å². The third kappa shape index (κ3) is 3.63. The van der Waals surface area contributed by atoms with Gasteiger partial charge in [-0.15, -0.1) is 0 Å². The Morgan fingerprint density at radius 1 is 1.19 bits per heavy atom. The Bertz CT molecular complexity index is 961. The highest BCUT2D eigenvalue weighted by molar-refractivity contribution is 5.87. The molecule has 0 unspecified atom stereocenters. The molecule has 0 amide bonds. The van der Waals surface area contributed by atoms with Crippen LogP contribution in [-0.4, -0.2) is 47.8 Å². The van der Waals surface area contributed by atoms with Crippen molar-refractivity contribution in [2.24, 2.45) is 22.7 Å². The molecule has 0 aromatic heterocycles. The lowest BCUT2D eigenvalue weighted by atomic mass is 9.47. The molecule has 2 aliphatic carbocycles. The summed E-state index contributed by atoms with van der Waals surface area (Å²) < 4.78 is 16.1. The van der Waals surface area contributed by atoms with E-state index in [0.29, 0.717) is 12.0 Å². The van der Waals surface area contributed by atoms with E-state index in [4.69, 9.17) is 14.2 Å². The molecule has 172 valence electrons. The first-order valence-corrected chi connectivity index (χ1v) is 10.9. The van der Waals surface area contributed by atoms with E-state index < -0.39 is 41.8 Å². The van der Waals surface area contributed by atoms with Crippen molar-refractivity contribution in [1.82, 2.24) is 0 Å². The maximum Gasteiger partial charge on any atom is 0.331 e. The van der Waals surface area contributed by atoms with Gasteiger partial charge in [0, 0.05) is 23.0 Å². The van der Waals surface area contributed by atoms with Crippen LogP contribution >= 0.6 is 0 Å². The average Bonchev–Trinajstić information content (AvgIpc) is 3.02. The first-order valence-electron chi connectivity index (χ1n) is 10.9. The lowest BCUT2D eigenvalue weighted by Gasteiger charge is -2.58. The Hall–Kier alpha value is -2.64. The van der Waals surface area contributed by atoms with E-state index in [1.54, 1.807) is 31.4 Å². The van der Waals surface area contributed by atoms with Gasteiger partial charge in [0.05, 0.1) is 19.1 Å². The fraction of sp³-hybridized carbons (Fsp3) is 0.520. The van der Waals surface area contributed by atoms with Gasteiger partial charge in [0.1, 0.15) is 11.9 Å². The molecule has 2 N–H and O–H groups in total. The minimum Gasteiger partial charge on any atom is -0.497 e. The van der Waals surface area contributed by atoms with E-state index >= 15 is 0 Å². The molecule has 1 aromatic rings. The molecule has 32 heavy (non-hydrogen) atoms. The number of aliphatic hydroxyl groups is 2. The Morgan fingerprint density at radius 2 is 1.88 bits per heavy atom. The lowest BCUT2D eigenvalue weighted by molar-refractivity contribution is -0.192. The van der Waals surface area contributed by atoms with Crippen molar-refractivity contribution in [3.63, 3.8) is 0 Å². The molecule has 0 bridgehead atoms. The number of rotatable bonds is 4. The Morgan fingerprint density at radius 3 is 2.53 bits per heavy atom. The van der Waals surface area contributed by atoms with Gasteiger partial charge in [0.2, 0.25) is 6.29 Å². The van der Waals surface area contributed by atoms with Gasteiger partial charge in [-0.1, -0.05) is 32.9 Å². The number of esters is 2. The molecule has 7 nitrogen and oxygen atoms in total. The molecular formula is C25H30O7. The van der Waals surface area contributed by atoms with Crippen LogP contribution in [-0.2, 0) is 19.1 Å². The Kier molecular flexibility index (Phi) is 5.67. The SMILES string of the molecule is COc1ccc(/C=C/C(=O)O[C@@H]2CCC(C)(C)[C@@H]3[C@@H](O)C=C4[C@H](C(=O)O[C@@H]4O)[C@@]23C)cc1. The fourth-order valence-corrected chi connectivity index (χ4v) is 6.06. The van der Waals surface area contributed by atoms with Gasteiger partial charge in [0.25, 0.3) is 0 Å². The molecule has 6 atom stereocenters. The van der Waals surface area contributed by atoms with E-state index in [1.807, 2.05) is 19.1 Å². The van der Waals surface area contributed by atoms with Crippen LogP contribution < -0.4 is 4.74 Å². The second-order valence-electron chi connectivity index (χ2n) is 9.78. The van der Waals surface area contributed by atoms with Crippen molar-refractivity contribution in [1.29, 1.82) is 0 Å². The van der Waals surface area contributed by atoms with E-state index in [1.165, 1.54) is 6.08 Å². The summed E-state index contributed by atoms with van der Waals surface area (Å²) in [5.41, 5.74) is -0.0406. The normalized spacial score (nSPS) is 35.5. The summed E-state index contributed by atoms with van der Waals surface area (Å²) in [5, 5.41) is 21.2. The predicted octanol–water partition coefficient (Wildman–Crippen LogP) is 2.86. The second kappa shape index (κ2) is 8.05. The van der Waals surface area contributed by atoms with Crippen molar-refractivity contribution in [2.75, 3.05) is 7.11 Å². The standard InChI is InChI=1S/C25H30O7/c1-24(2)12-11-18(31-19(27)10-7-14-5-8-15(30-4)9-6-14)25(3)20-16(13-17(26)21(24)25)22(28)32-23(20)29/h5-10,13,17-18,20-22,26,28H,11-12H2,1-4H3/b10-7+/t17-,18+,20+,21-,22-,25+/m0/s1. The second-order valence-corrected chi connectivity index (χ2v) is 9.78. The number of benzene rings is 1. The van der Waals surface area contributed by atoms with Gasteiger partial charge in [-0.05, 0) is 48.1 Å². The van der Waals surface area contributed by atoms with Crippen molar-refractivity contribution in [2.45, 2.75) is 52.1 Å². The first kappa shape index (κ1) is 22.6. The summed E-state index contributed by atoms with van der Waals surface area (Å²) in [6.07, 6.45) is 2.94. The summed E-state index contributed by atoms with van der Waals surface area (Å²) in [7, 11) is 1.59. The van der Waals surface area contributed by atoms with Crippen molar-refractivity contribution < 1.29 is 34.0 Å². The molecule has 2 fully saturated rings. The van der Waals surface area contributed by atoms with E-state index in [-0.39, 0.29) is 11.3 Å². The summed E-state index contributed by atoms with van der Waals surface area (Å²) in [5.74, 6) is -1.47. The molecule has 0 spiro atoms. The van der Waals surface area contributed by atoms with Crippen LogP contribution in [0.5, 0.6) is 5.75 Å². The van der Waals surface area contributed by atoms with Crippen LogP contribution in [0.15, 0.2) is 42.0 Å². The number of carbonyl (C=O) groups excluding carboxylic acids is 2. The third-order valence-corrected chi connectivity index (χ3v) is 7.45. The Labute approximate surface area is 187 Å². The summed E-state index contributed by atoms with van der Waals surface area (Å²) in [6, 6.07) is 7.25. The van der Waals surface area contributed by atoms with Crippen LogP contribution in [0.1, 0.15) is 39.2 Å². The molecule has 1 heterocycles. The fourth-order valence-electron chi connectivity index (χ4n) is 6.06. The average molecular weight is 443 g/mol. The smallest absolute Gasteiger partial charge is 0.331 e. The highest BCUT2D eigenvalue weighted by atomic mass is 16.6. The van der Waals surface area contributed by atoms with Gasteiger partial charge in [-0.2, -0.15) is 0 Å². The number of fused-ring (bicyclic) bond motifs is 3. The summed E-state index contributed by atoms with van der Waals surface area (Å²) in [6.45, 7) is 5.97. The molecule has 3 aliphatic rings. The predicted molar refractivity (Wildman–Crippen MR) is 116 cm³/mol. The number of hydrogen-bond donors (Lipinski definition) is 2. The number of carbonyl (C=O) groups is 2. The van der Waals surface area contributed by atoms with Crippen molar-refractivity contribution >= 4 is 18.0 Å². The minimum atomic E-state index is -1.38. The quantitative estimate of drug-likeness (QED) is 0.420. The van der Waals surface area contributed by atoms with E-state index in [2.05, 4.69) is 13.8 Å².